The molecule has 2 aromatic rings. The zero-order valence-corrected chi connectivity index (χ0v) is 6.96. The van der Waals surface area contributed by atoms with Gasteiger partial charge in [-0.15, -0.1) is 0 Å². The minimum Gasteiger partial charge on any atom is -0.321 e. The Balaban J connectivity index is 1.87. The average Bonchev–Trinajstić information content (AvgIpc) is 1.98. The van der Waals surface area contributed by atoms with Crippen LogP contribution in [0.4, 0.5) is 4.79 Å². The van der Waals surface area contributed by atoms with E-state index in [4.69, 9.17) is 0 Å². The Hall–Kier alpha value is -2.09. The molecule has 76 valence electrons. The first-order valence-corrected chi connectivity index (χ1v) is 4.03. The summed E-state index contributed by atoms with van der Waals surface area (Å²) in [5.74, 6) is -1.98. The molecule has 0 aliphatic carbocycles. The molecule has 14 heavy (non-hydrogen) atoms. The van der Waals surface area contributed by atoms with Gasteiger partial charge in [-0.05, 0) is 0 Å². The highest BCUT2D eigenvalue weighted by atomic mass is 31.1. The maximum atomic E-state index is 10.7. The molecule has 2 heterocycles. The van der Waals surface area contributed by atoms with Gasteiger partial charge in [0.15, 0.2) is 5.08 Å². The quantitative estimate of drug-likeness (QED) is 0.647. The molecule has 0 saturated heterocycles. The summed E-state index contributed by atoms with van der Waals surface area (Å²) in [6.07, 6.45) is -1.31. The maximum Gasteiger partial charge on any atom is 0.568 e. The van der Waals surface area contributed by atoms with Gasteiger partial charge >= 0.3 is 26.0 Å². The summed E-state index contributed by atoms with van der Waals surface area (Å²) in [5.41, 5.74) is 0. The molecule has 0 N–H and O–H groups in total. The molecule has 0 bridgehead atoms. The van der Waals surface area contributed by atoms with Gasteiger partial charge < -0.3 is 12.9 Å². The zero-order chi connectivity index (χ0) is 10.1. The molecule has 0 saturated carbocycles. The molecule has 0 fully saturated rings. The first-order valence-electron chi connectivity index (χ1n) is 2.93. The van der Waals surface area contributed by atoms with Crippen molar-refractivity contribution in [2.24, 2.45) is 0 Å². The van der Waals surface area contributed by atoms with Crippen molar-refractivity contribution in [1.29, 1.82) is 0 Å². The first-order chi connectivity index (χ1) is 6.63. The molecule has 11 heteroatoms. The van der Waals surface area contributed by atoms with E-state index in [-0.39, 0.29) is 5.08 Å². The predicted molar refractivity (Wildman–Crippen MR) is 33.7 cm³/mol. The summed E-state index contributed by atoms with van der Waals surface area (Å²) < 4.78 is 20.5. The van der Waals surface area contributed by atoms with Gasteiger partial charge in [-0.3, -0.25) is 0 Å². The van der Waals surface area contributed by atoms with Crippen LogP contribution in [-0.2, 0) is 0 Å². The fourth-order valence-electron chi connectivity index (χ4n) is 0.470. The Morgan fingerprint density at radius 1 is 1.21 bits per heavy atom. The van der Waals surface area contributed by atoms with E-state index in [9.17, 15) is 14.4 Å². The second-order valence-corrected chi connectivity index (χ2v) is 2.74. The van der Waals surface area contributed by atoms with Crippen molar-refractivity contribution >= 4 is 14.4 Å². The summed E-state index contributed by atoms with van der Waals surface area (Å²) in [5, 5.41) is 0.113. The second kappa shape index (κ2) is 3.00. The molecule has 10 nitrogen and oxygen atoms in total. The van der Waals surface area contributed by atoms with Crippen molar-refractivity contribution < 1.29 is 31.6 Å². The lowest BCUT2D eigenvalue weighted by atomic mass is 11.4. The van der Waals surface area contributed by atoms with E-state index in [0.717, 1.165) is 0 Å². The molecule has 0 aliphatic heterocycles. The fourth-order valence-corrected chi connectivity index (χ4v) is 0.957. The molecular formula is C3NO9P. The second-order valence-electron chi connectivity index (χ2n) is 1.74. The Labute approximate surface area is 73.4 Å². The van der Waals surface area contributed by atoms with Gasteiger partial charge in [-0.2, -0.15) is 4.79 Å². The zero-order valence-electron chi connectivity index (χ0n) is 6.07. The SMILES string of the molecule is O=C(On1oc(=O)o1)Op1oc(=O)o1. The largest absolute Gasteiger partial charge is 0.568 e. The molecule has 0 unspecified atom stereocenters. The third-order valence-corrected chi connectivity index (χ3v) is 1.79. The van der Waals surface area contributed by atoms with E-state index in [1.165, 1.54) is 0 Å². The number of hydrogen-bond donors (Lipinski definition) is 0. The van der Waals surface area contributed by atoms with Crippen LogP contribution in [0.1, 0.15) is 0 Å². The van der Waals surface area contributed by atoms with Gasteiger partial charge in [0.05, 0.1) is 0 Å². The van der Waals surface area contributed by atoms with Crippen LogP contribution in [0.3, 0.4) is 0 Å². The Morgan fingerprint density at radius 2 is 1.86 bits per heavy atom. The highest BCUT2D eigenvalue weighted by Crippen LogP contribution is 2.21. The summed E-state index contributed by atoms with van der Waals surface area (Å²) in [6.45, 7) is 0. The lowest BCUT2D eigenvalue weighted by molar-refractivity contribution is -0.212. The van der Waals surface area contributed by atoms with Gasteiger partial charge in [-0.25, -0.2) is 23.5 Å². The predicted octanol–water partition coefficient (Wildman–Crippen LogP) is -0.755. The Kier molecular flexibility index (Phi) is 1.82. The topological polar surface area (TPSA) is 127 Å². The summed E-state index contributed by atoms with van der Waals surface area (Å²) in [7, 11) is -2.05. The molecule has 0 radical (unpaired) electrons. The van der Waals surface area contributed by atoms with Gasteiger partial charge in [-0.1, -0.05) is 0 Å². The van der Waals surface area contributed by atoms with Gasteiger partial charge in [0, 0.05) is 0 Å². The highest BCUT2D eigenvalue weighted by molar-refractivity contribution is 7.32. The van der Waals surface area contributed by atoms with Crippen LogP contribution in [0.25, 0.3) is 0 Å². The fraction of sp³-hybridized carbons (Fsp3) is 0. The Bertz CT molecular complexity index is 450. The monoisotopic (exact) mass is 225 g/mol. The summed E-state index contributed by atoms with van der Waals surface area (Å²) in [4.78, 5) is 34.8. The summed E-state index contributed by atoms with van der Waals surface area (Å²) in [6, 6.07) is 0. The number of nitrogens with zero attached hydrogens (tertiary/aromatic N) is 1. The molecule has 0 spiro atoms. The number of carbonyl (C=O) groups is 1. The molecule has 2 rings (SSSR count). The minimum atomic E-state index is -2.05. The molecule has 0 atom stereocenters. The van der Waals surface area contributed by atoms with E-state index < -0.39 is 26.0 Å². The van der Waals surface area contributed by atoms with E-state index >= 15 is 0 Å². The minimum absolute atomic E-state index is 0.113. The lowest BCUT2D eigenvalue weighted by Gasteiger charge is -2.01. The summed E-state index contributed by atoms with van der Waals surface area (Å²) >= 11 is 0. The van der Waals surface area contributed by atoms with Crippen LogP contribution in [-0.4, -0.2) is 11.2 Å². The van der Waals surface area contributed by atoms with Crippen LogP contribution in [0.15, 0.2) is 27.0 Å². The molecular weight excluding hydrogens is 225 g/mol. The third kappa shape index (κ3) is 1.64. The number of hydrogen-bond acceptors (Lipinski definition) is 9. The van der Waals surface area contributed by atoms with Crippen molar-refractivity contribution in [2.75, 3.05) is 0 Å². The Morgan fingerprint density at radius 3 is 2.36 bits per heavy atom. The van der Waals surface area contributed by atoms with Crippen molar-refractivity contribution in [3.05, 3.63) is 21.2 Å². The third-order valence-electron chi connectivity index (χ3n) is 0.894. The van der Waals surface area contributed by atoms with Crippen LogP contribution >= 0.6 is 8.24 Å². The molecule has 0 amide bonds. The van der Waals surface area contributed by atoms with E-state index in [0.29, 0.717) is 0 Å². The number of carbonyl (C=O) groups excluding carboxylic acids is 1. The average molecular weight is 225 g/mol. The molecule has 0 aliphatic rings. The van der Waals surface area contributed by atoms with Crippen LogP contribution in [0.2, 0.25) is 0 Å². The normalized spacial score (nSPS) is 10.3. The standard InChI is InChI=1S/C3NO9P/c5-1-8-4(9-1)10-2(6)11-14-12-3(7)13-14. The van der Waals surface area contributed by atoms with Crippen molar-refractivity contribution in [1.82, 2.24) is 5.08 Å². The van der Waals surface area contributed by atoms with Crippen molar-refractivity contribution in [3.63, 3.8) is 0 Å². The molecule has 0 aromatic carbocycles. The smallest absolute Gasteiger partial charge is 0.321 e. The van der Waals surface area contributed by atoms with Crippen LogP contribution in [0, 0.1) is 0 Å². The van der Waals surface area contributed by atoms with Gasteiger partial charge in [0.1, 0.15) is 0 Å². The van der Waals surface area contributed by atoms with Crippen molar-refractivity contribution in [2.45, 2.75) is 0 Å². The molecule has 2 aromatic heterocycles. The lowest BCUT2D eigenvalue weighted by Crippen LogP contribution is -2.29. The van der Waals surface area contributed by atoms with E-state index in [2.05, 4.69) is 26.8 Å². The highest BCUT2D eigenvalue weighted by Gasteiger charge is 2.18. The van der Waals surface area contributed by atoms with Crippen molar-refractivity contribution in [3.8, 4) is 0 Å². The van der Waals surface area contributed by atoms with Crippen LogP contribution in [0.5, 0.6) is 0 Å². The maximum absolute atomic E-state index is 10.7. The number of aromatic nitrogens is 1. The van der Waals surface area contributed by atoms with E-state index in [1.807, 2.05) is 0 Å². The van der Waals surface area contributed by atoms with Crippen LogP contribution < -0.4 is 21.0 Å². The van der Waals surface area contributed by atoms with Gasteiger partial charge in [0.2, 0.25) is 0 Å². The number of rotatable bonds is 2. The van der Waals surface area contributed by atoms with E-state index in [1.54, 1.807) is 0 Å². The van der Waals surface area contributed by atoms with Gasteiger partial charge in [0.25, 0.3) is 0 Å². The first kappa shape index (κ1) is 8.51.